The Bertz CT molecular complexity index is 870. The lowest BCUT2D eigenvalue weighted by Crippen LogP contribution is -2.53. The van der Waals surface area contributed by atoms with Crippen molar-refractivity contribution in [2.75, 3.05) is 44.6 Å². The second-order valence-electron chi connectivity index (χ2n) is 8.08. The van der Waals surface area contributed by atoms with E-state index in [2.05, 4.69) is 15.5 Å². The van der Waals surface area contributed by atoms with Crippen LogP contribution in [0.3, 0.4) is 0 Å². The minimum Gasteiger partial charge on any atom is -0.508 e. The molecule has 2 aromatic carbocycles. The molecule has 7 heteroatoms. The molecular formula is C24H32N4O3. The highest BCUT2D eigenvalue weighted by Crippen LogP contribution is 2.19. The third-order valence-electron chi connectivity index (χ3n) is 5.63. The summed E-state index contributed by atoms with van der Waals surface area (Å²) in [6.07, 6.45) is 1.69. The molecule has 1 aliphatic heterocycles. The first kappa shape index (κ1) is 22.6. The van der Waals surface area contributed by atoms with E-state index in [1.54, 1.807) is 17.0 Å². The van der Waals surface area contributed by atoms with Crippen molar-refractivity contribution in [3.8, 4) is 5.75 Å². The zero-order valence-electron chi connectivity index (χ0n) is 18.4. The standard InChI is InChI=1S/C24H32N4O3/c1-18-5-3-6-19(2)23(18)26-22(30)17-27-13-15-28(16-14-27)24(31)25-12-4-7-20-8-10-21(29)11-9-20/h3,5-6,8-11,29H,4,7,12-17H2,1-2H3,(H,25,31)(H,26,30). The number of hydrogen-bond acceptors (Lipinski definition) is 4. The number of hydrogen-bond donors (Lipinski definition) is 3. The molecule has 0 bridgehead atoms. The van der Waals surface area contributed by atoms with Gasteiger partial charge in [-0.3, -0.25) is 9.69 Å². The van der Waals surface area contributed by atoms with E-state index in [0.717, 1.165) is 35.2 Å². The smallest absolute Gasteiger partial charge is 0.317 e. The number of phenols is 1. The summed E-state index contributed by atoms with van der Waals surface area (Å²) in [6, 6.07) is 13.1. The lowest BCUT2D eigenvalue weighted by molar-refractivity contribution is -0.117. The Morgan fingerprint density at radius 2 is 1.61 bits per heavy atom. The quantitative estimate of drug-likeness (QED) is 0.597. The molecule has 2 aromatic rings. The fourth-order valence-corrected chi connectivity index (χ4v) is 3.76. The maximum absolute atomic E-state index is 12.5. The third kappa shape index (κ3) is 6.72. The molecule has 3 N–H and O–H groups in total. The van der Waals surface area contributed by atoms with E-state index in [4.69, 9.17) is 0 Å². The maximum Gasteiger partial charge on any atom is 0.317 e. The Hall–Kier alpha value is -3.06. The van der Waals surface area contributed by atoms with Crippen molar-refractivity contribution in [2.45, 2.75) is 26.7 Å². The molecule has 166 valence electrons. The van der Waals surface area contributed by atoms with Gasteiger partial charge in [0.1, 0.15) is 5.75 Å². The minimum absolute atomic E-state index is 0.0236. The number of aromatic hydroxyl groups is 1. The number of piperazine rings is 1. The van der Waals surface area contributed by atoms with Crippen molar-refractivity contribution in [3.63, 3.8) is 0 Å². The van der Waals surface area contributed by atoms with Crippen LogP contribution in [0.5, 0.6) is 5.75 Å². The van der Waals surface area contributed by atoms with Crippen LogP contribution in [0.1, 0.15) is 23.1 Å². The van der Waals surface area contributed by atoms with E-state index in [9.17, 15) is 14.7 Å². The van der Waals surface area contributed by atoms with Gasteiger partial charge in [0.05, 0.1) is 6.54 Å². The van der Waals surface area contributed by atoms with Crippen molar-refractivity contribution in [1.29, 1.82) is 0 Å². The number of carbonyl (C=O) groups is 2. The summed E-state index contributed by atoms with van der Waals surface area (Å²) < 4.78 is 0. The number of nitrogens with one attached hydrogen (secondary N) is 2. The average molecular weight is 425 g/mol. The van der Waals surface area contributed by atoms with Crippen LogP contribution in [0, 0.1) is 13.8 Å². The van der Waals surface area contributed by atoms with E-state index in [1.165, 1.54) is 0 Å². The third-order valence-corrected chi connectivity index (χ3v) is 5.63. The van der Waals surface area contributed by atoms with Crippen molar-refractivity contribution >= 4 is 17.6 Å². The molecule has 31 heavy (non-hydrogen) atoms. The number of benzene rings is 2. The molecule has 1 aliphatic rings. The first-order chi connectivity index (χ1) is 14.9. The number of rotatable bonds is 7. The van der Waals surface area contributed by atoms with Crippen LogP contribution in [-0.2, 0) is 11.2 Å². The zero-order chi connectivity index (χ0) is 22.2. The Morgan fingerprint density at radius 1 is 0.968 bits per heavy atom. The fourth-order valence-electron chi connectivity index (χ4n) is 3.76. The minimum atomic E-state index is -0.0506. The summed E-state index contributed by atoms with van der Waals surface area (Å²) in [5.41, 5.74) is 4.14. The molecule has 0 aromatic heterocycles. The van der Waals surface area contributed by atoms with Gasteiger partial charge in [-0.1, -0.05) is 30.3 Å². The maximum atomic E-state index is 12.5. The molecule has 1 heterocycles. The van der Waals surface area contributed by atoms with Gasteiger partial charge in [0.2, 0.25) is 5.91 Å². The first-order valence-corrected chi connectivity index (χ1v) is 10.8. The number of carbonyl (C=O) groups excluding carboxylic acids is 2. The van der Waals surface area contributed by atoms with Crippen LogP contribution in [0.15, 0.2) is 42.5 Å². The highest BCUT2D eigenvalue weighted by molar-refractivity contribution is 5.93. The molecule has 3 rings (SSSR count). The second-order valence-corrected chi connectivity index (χ2v) is 8.08. The summed E-state index contributed by atoms with van der Waals surface area (Å²) in [6.45, 7) is 7.51. The van der Waals surface area contributed by atoms with Crippen molar-refractivity contribution < 1.29 is 14.7 Å². The second kappa shape index (κ2) is 10.8. The van der Waals surface area contributed by atoms with E-state index in [-0.39, 0.29) is 17.7 Å². The predicted molar refractivity (Wildman–Crippen MR) is 122 cm³/mol. The van der Waals surface area contributed by atoms with Gasteiger partial charge in [0.15, 0.2) is 0 Å². The Labute approximate surface area is 184 Å². The summed E-state index contributed by atoms with van der Waals surface area (Å²) in [5.74, 6) is 0.239. The summed E-state index contributed by atoms with van der Waals surface area (Å²) in [5, 5.41) is 15.3. The molecule has 1 fully saturated rings. The number of para-hydroxylation sites is 1. The van der Waals surface area contributed by atoms with Crippen LogP contribution in [0.4, 0.5) is 10.5 Å². The van der Waals surface area contributed by atoms with Gasteiger partial charge in [-0.05, 0) is 55.5 Å². The molecule has 0 unspecified atom stereocenters. The van der Waals surface area contributed by atoms with Gasteiger partial charge in [-0.15, -0.1) is 0 Å². The van der Waals surface area contributed by atoms with Gasteiger partial charge in [0.25, 0.3) is 0 Å². The van der Waals surface area contributed by atoms with Gasteiger partial charge in [-0.25, -0.2) is 4.79 Å². The fraction of sp³-hybridized carbons (Fsp3) is 0.417. The molecule has 7 nitrogen and oxygen atoms in total. The Balaban J connectivity index is 1.34. The lowest BCUT2D eigenvalue weighted by Gasteiger charge is -2.34. The number of amides is 3. The van der Waals surface area contributed by atoms with Crippen LogP contribution >= 0.6 is 0 Å². The number of nitrogens with zero attached hydrogens (tertiary/aromatic N) is 2. The largest absolute Gasteiger partial charge is 0.508 e. The summed E-state index contributed by atoms with van der Waals surface area (Å²) in [4.78, 5) is 28.7. The Kier molecular flexibility index (Phi) is 7.89. The lowest BCUT2D eigenvalue weighted by atomic mass is 10.1. The topological polar surface area (TPSA) is 84.9 Å². The number of phenolic OH excluding ortho intramolecular Hbond substituents is 1. The summed E-state index contributed by atoms with van der Waals surface area (Å²) >= 11 is 0. The van der Waals surface area contributed by atoms with Gasteiger partial charge < -0.3 is 20.6 Å². The van der Waals surface area contributed by atoms with Gasteiger partial charge in [-0.2, -0.15) is 0 Å². The molecular weight excluding hydrogens is 392 g/mol. The molecule has 0 saturated carbocycles. The molecule has 1 saturated heterocycles. The number of aryl methyl sites for hydroxylation is 3. The van der Waals surface area contributed by atoms with Crippen molar-refractivity contribution in [1.82, 2.24) is 15.1 Å². The predicted octanol–water partition coefficient (Wildman–Crippen LogP) is 2.91. The zero-order valence-corrected chi connectivity index (χ0v) is 18.4. The van der Waals surface area contributed by atoms with E-state index >= 15 is 0 Å². The highest BCUT2D eigenvalue weighted by Gasteiger charge is 2.22. The first-order valence-electron chi connectivity index (χ1n) is 10.8. The van der Waals surface area contributed by atoms with E-state index in [0.29, 0.717) is 39.3 Å². The van der Waals surface area contributed by atoms with Gasteiger partial charge in [0, 0.05) is 38.4 Å². The molecule has 3 amide bonds. The molecule has 0 atom stereocenters. The highest BCUT2D eigenvalue weighted by atomic mass is 16.3. The van der Waals surface area contributed by atoms with Crippen molar-refractivity contribution in [2.24, 2.45) is 0 Å². The SMILES string of the molecule is Cc1cccc(C)c1NC(=O)CN1CCN(C(=O)NCCCc2ccc(O)cc2)CC1. The van der Waals surface area contributed by atoms with E-state index in [1.807, 2.05) is 44.2 Å². The van der Waals surface area contributed by atoms with Crippen molar-refractivity contribution in [3.05, 3.63) is 59.2 Å². The Morgan fingerprint density at radius 3 is 2.26 bits per heavy atom. The van der Waals surface area contributed by atoms with Crippen LogP contribution in [0.2, 0.25) is 0 Å². The van der Waals surface area contributed by atoms with Crippen LogP contribution in [-0.4, -0.2) is 66.1 Å². The van der Waals surface area contributed by atoms with Gasteiger partial charge >= 0.3 is 6.03 Å². The molecule has 0 spiro atoms. The van der Waals surface area contributed by atoms with Crippen LogP contribution in [0.25, 0.3) is 0 Å². The van der Waals surface area contributed by atoms with Crippen LogP contribution < -0.4 is 10.6 Å². The summed E-state index contributed by atoms with van der Waals surface area (Å²) in [7, 11) is 0. The number of anilines is 1. The monoisotopic (exact) mass is 424 g/mol. The normalized spacial score (nSPS) is 14.3. The number of urea groups is 1. The average Bonchev–Trinajstić information content (AvgIpc) is 2.75. The van der Waals surface area contributed by atoms with E-state index < -0.39 is 0 Å². The molecule has 0 aliphatic carbocycles. The molecule has 0 radical (unpaired) electrons.